The van der Waals surface area contributed by atoms with Crippen molar-refractivity contribution < 1.29 is 0 Å². The predicted molar refractivity (Wildman–Crippen MR) is 76.5 cm³/mol. The lowest BCUT2D eigenvalue weighted by atomic mass is 10.2. The van der Waals surface area contributed by atoms with Crippen LogP contribution in [0, 0.1) is 6.92 Å². The van der Waals surface area contributed by atoms with Crippen LogP contribution >= 0.6 is 44.1 Å². The summed E-state index contributed by atoms with van der Waals surface area (Å²) in [6, 6.07) is 4.09. The Kier molecular flexibility index (Phi) is 5.02. The molecule has 82 valence electrons. The van der Waals surface area contributed by atoms with E-state index in [-0.39, 0.29) is 0 Å². The first-order valence-corrected chi connectivity index (χ1v) is 6.54. The highest BCUT2D eigenvalue weighted by molar-refractivity contribution is 9.11. The Hall–Kier alpha value is -0.130. The summed E-state index contributed by atoms with van der Waals surface area (Å²) in [4.78, 5) is 0. The molecule has 0 atom stereocenters. The van der Waals surface area contributed by atoms with Crippen molar-refractivity contribution >= 4 is 54.9 Å². The lowest BCUT2D eigenvalue weighted by Crippen LogP contribution is -2.28. The molecular formula is C10H12Br2N2S. The molecule has 5 heteroatoms. The molecule has 0 bridgehead atoms. The van der Waals surface area contributed by atoms with Crippen LogP contribution in [0.3, 0.4) is 0 Å². The zero-order chi connectivity index (χ0) is 11.4. The third-order valence-corrected chi connectivity index (χ3v) is 3.26. The van der Waals surface area contributed by atoms with Crippen LogP contribution in [-0.2, 0) is 0 Å². The quantitative estimate of drug-likeness (QED) is 0.792. The van der Waals surface area contributed by atoms with Gasteiger partial charge in [-0.25, -0.2) is 0 Å². The summed E-state index contributed by atoms with van der Waals surface area (Å²) < 4.78 is 1.99. The first-order chi connectivity index (χ1) is 7.04. The van der Waals surface area contributed by atoms with Crippen LogP contribution in [-0.4, -0.2) is 11.7 Å². The third kappa shape index (κ3) is 3.74. The zero-order valence-corrected chi connectivity index (χ0v) is 12.5. The molecule has 1 aromatic rings. The van der Waals surface area contributed by atoms with Crippen LogP contribution < -0.4 is 10.6 Å². The van der Waals surface area contributed by atoms with Crippen molar-refractivity contribution in [2.75, 3.05) is 11.9 Å². The van der Waals surface area contributed by atoms with E-state index in [0.717, 1.165) is 21.2 Å². The lowest BCUT2D eigenvalue weighted by Gasteiger charge is -2.13. The summed E-state index contributed by atoms with van der Waals surface area (Å²) in [6.07, 6.45) is 0. The smallest absolute Gasteiger partial charge is 0.170 e. The average molecular weight is 352 g/mol. The molecule has 0 aromatic heterocycles. The summed E-state index contributed by atoms with van der Waals surface area (Å²) in [7, 11) is 0. The molecular weight excluding hydrogens is 340 g/mol. The van der Waals surface area contributed by atoms with E-state index in [4.69, 9.17) is 12.2 Å². The van der Waals surface area contributed by atoms with Crippen LogP contribution in [0.25, 0.3) is 0 Å². The van der Waals surface area contributed by atoms with Gasteiger partial charge in [-0.15, -0.1) is 0 Å². The van der Waals surface area contributed by atoms with Gasteiger partial charge in [-0.05, 0) is 75.6 Å². The van der Waals surface area contributed by atoms with E-state index in [1.165, 1.54) is 5.56 Å². The second-order valence-electron chi connectivity index (χ2n) is 3.09. The van der Waals surface area contributed by atoms with E-state index in [2.05, 4.69) is 42.5 Å². The van der Waals surface area contributed by atoms with Gasteiger partial charge >= 0.3 is 0 Å². The molecule has 15 heavy (non-hydrogen) atoms. The first kappa shape index (κ1) is 12.9. The summed E-state index contributed by atoms with van der Waals surface area (Å²) in [5.74, 6) is 0. The number of hydrogen-bond donors (Lipinski definition) is 2. The largest absolute Gasteiger partial charge is 0.363 e. The van der Waals surface area contributed by atoms with Crippen LogP contribution in [0.1, 0.15) is 12.5 Å². The van der Waals surface area contributed by atoms with Crippen molar-refractivity contribution in [2.45, 2.75) is 13.8 Å². The second-order valence-corrected chi connectivity index (χ2v) is 5.20. The molecule has 0 aliphatic heterocycles. The number of aryl methyl sites for hydroxylation is 1. The van der Waals surface area contributed by atoms with Crippen molar-refractivity contribution in [1.29, 1.82) is 0 Å². The van der Waals surface area contributed by atoms with Crippen molar-refractivity contribution in [1.82, 2.24) is 5.32 Å². The van der Waals surface area contributed by atoms with Gasteiger partial charge in [0.15, 0.2) is 5.11 Å². The molecule has 2 nitrogen and oxygen atoms in total. The maximum absolute atomic E-state index is 5.12. The summed E-state index contributed by atoms with van der Waals surface area (Å²) >= 11 is 12.1. The van der Waals surface area contributed by atoms with Gasteiger partial charge in [0.05, 0.1) is 5.69 Å². The van der Waals surface area contributed by atoms with E-state index >= 15 is 0 Å². The molecule has 1 rings (SSSR count). The Morgan fingerprint density at radius 2 is 1.87 bits per heavy atom. The van der Waals surface area contributed by atoms with Crippen LogP contribution in [0.15, 0.2) is 21.1 Å². The van der Waals surface area contributed by atoms with Gasteiger partial charge in [-0.2, -0.15) is 0 Å². The Morgan fingerprint density at radius 1 is 1.33 bits per heavy atom. The molecule has 0 unspecified atom stereocenters. The van der Waals surface area contributed by atoms with Crippen LogP contribution in [0.2, 0.25) is 0 Å². The average Bonchev–Trinajstić information content (AvgIpc) is 2.11. The highest BCUT2D eigenvalue weighted by Crippen LogP contribution is 2.32. The van der Waals surface area contributed by atoms with Crippen molar-refractivity contribution in [3.05, 3.63) is 26.6 Å². The fourth-order valence-electron chi connectivity index (χ4n) is 1.14. The molecule has 2 N–H and O–H groups in total. The van der Waals surface area contributed by atoms with Gasteiger partial charge in [-0.1, -0.05) is 0 Å². The molecule has 0 spiro atoms. The molecule has 0 amide bonds. The summed E-state index contributed by atoms with van der Waals surface area (Å²) in [5.41, 5.74) is 2.14. The minimum Gasteiger partial charge on any atom is -0.363 e. The van der Waals surface area contributed by atoms with Crippen LogP contribution in [0.4, 0.5) is 5.69 Å². The Labute approximate surface area is 112 Å². The van der Waals surface area contributed by atoms with Gasteiger partial charge in [0.2, 0.25) is 0 Å². The van der Waals surface area contributed by atoms with Crippen molar-refractivity contribution in [2.24, 2.45) is 0 Å². The normalized spacial score (nSPS) is 9.87. The van der Waals surface area contributed by atoms with Gasteiger partial charge in [0.1, 0.15) is 0 Å². The minimum absolute atomic E-state index is 0.628. The van der Waals surface area contributed by atoms with E-state index in [1.807, 2.05) is 26.0 Å². The lowest BCUT2D eigenvalue weighted by molar-refractivity contribution is 0.979. The number of nitrogens with one attached hydrogen (secondary N) is 2. The molecule has 0 fully saturated rings. The molecule has 0 aliphatic carbocycles. The topological polar surface area (TPSA) is 24.1 Å². The number of rotatable bonds is 2. The molecule has 0 saturated heterocycles. The Morgan fingerprint density at radius 3 is 2.33 bits per heavy atom. The minimum atomic E-state index is 0.628. The third-order valence-electron chi connectivity index (χ3n) is 1.76. The summed E-state index contributed by atoms with van der Waals surface area (Å²) in [5, 5.41) is 6.80. The van der Waals surface area contributed by atoms with Gasteiger partial charge in [-0.3, -0.25) is 0 Å². The van der Waals surface area contributed by atoms with E-state index in [1.54, 1.807) is 0 Å². The number of thiocarbonyl (C=S) groups is 1. The molecule has 1 aromatic carbocycles. The van der Waals surface area contributed by atoms with Crippen molar-refractivity contribution in [3.8, 4) is 0 Å². The van der Waals surface area contributed by atoms with Gasteiger partial charge < -0.3 is 10.6 Å². The molecule has 0 heterocycles. The second kappa shape index (κ2) is 5.82. The zero-order valence-electron chi connectivity index (χ0n) is 8.53. The standard InChI is InChI=1S/C10H12Br2N2S/c1-3-13-10(15)14-9-7(11)4-6(2)5-8(9)12/h4-5H,3H2,1-2H3,(H2,13,14,15). The van der Waals surface area contributed by atoms with E-state index in [0.29, 0.717) is 5.11 Å². The monoisotopic (exact) mass is 350 g/mol. The summed E-state index contributed by atoms with van der Waals surface area (Å²) in [6.45, 7) is 4.86. The number of anilines is 1. The van der Waals surface area contributed by atoms with Gasteiger partial charge in [0.25, 0.3) is 0 Å². The highest BCUT2D eigenvalue weighted by atomic mass is 79.9. The molecule has 0 radical (unpaired) electrons. The Bertz CT molecular complexity index is 357. The number of hydrogen-bond acceptors (Lipinski definition) is 1. The van der Waals surface area contributed by atoms with Crippen molar-refractivity contribution in [3.63, 3.8) is 0 Å². The fourth-order valence-corrected chi connectivity index (χ4v) is 3.00. The molecule has 0 saturated carbocycles. The first-order valence-electron chi connectivity index (χ1n) is 4.55. The van der Waals surface area contributed by atoms with E-state index in [9.17, 15) is 0 Å². The highest BCUT2D eigenvalue weighted by Gasteiger charge is 2.07. The fraction of sp³-hybridized carbons (Fsp3) is 0.300. The maximum atomic E-state index is 5.12. The molecule has 0 aliphatic rings. The number of halogens is 2. The SMILES string of the molecule is CCNC(=S)Nc1c(Br)cc(C)cc1Br. The van der Waals surface area contributed by atoms with Gasteiger partial charge in [0, 0.05) is 15.5 Å². The van der Waals surface area contributed by atoms with E-state index < -0.39 is 0 Å². The number of benzene rings is 1. The Balaban J connectivity index is 2.90. The van der Waals surface area contributed by atoms with Crippen LogP contribution in [0.5, 0.6) is 0 Å². The predicted octanol–water partition coefficient (Wildman–Crippen LogP) is 3.83. The maximum Gasteiger partial charge on any atom is 0.170 e.